The normalized spacial score (nSPS) is 20.3. The molecule has 0 radical (unpaired) electrons. The van der Waals surface area contributed by atoms with Gasteiger partial charge in [0.25, 0.3) is 5.91 Å². The fourth-order valence-electron chi connectivity index (χ4n) is 5.81. The third-order valence-corrected chi connectivity index (χ3v) is 7.90. The van der Waals surface area contributed by atoms with Crippen molar-refractivity contribution in [3.8, 4) is 11.1 Å². The molecule has 2 fully saturated rings. The van der Waals surface area contributed by atoms with E-state index in [-0.39, 0.29) is 11.5 Å². The Morgan fingerprint density at radius 2 is 1.68 bits per heavy atom. The minimum Gasteiger partial charge on any atom is -0.373 e. The molecule has 1 aromatic heterocycles. The van der Waals surface area contributed by atoms with E-state index in [0.29, 0.717) is 24.0 Å². The summed E-state index contributed by atoms with van der Waals surface area (Å²) in [6.07, 6.45) is 6.46. The lowest BCUT2D eigenvalue weighted by atomic mass is 10.0. The van der Waals surface area contributed by atoms with E-state index >= 15 is 0 Å². The van der Waals surface area contributed by atoms with E-state index < -0.39 is 17.7 Å². The SMILES string of the molecule is O=C(c1ccc(-c2cnc3c(c2)NC(c2cc(F)ccc2F)CN3)cc1)N1CCC(N2CCCC2)CC1. The van der Waals surface area contributed by atoms with E-state index in [0.717, 1.165) is 54.9 Å². The first-order valence-corrected chi connectivity index (χ1v) is 13.1. The highest BCUT2D eigenvalue weighted by Gasteiger charge is 2.29. The van der Waals surface area contributed by atoms with E-state index in [1.165, 1.54) is 32.0 Å². The smallest absolute Gasteiger partial charge is 0.253 e. The maximum absolute atomic E-state index is 14.3. The summed E-state index contributed by atoms with van der Waals surface area (Å²) < 4.78 is 28.0. The molecule has 8 heteroatoms. The van der Waals surface area contributed by atoms with Crippen LogP contribution in [0, 0.1) is 11.6 Å². The monoisotopic (exact) mass is 503 g/mol. The van der Waals surface area contributed by atoms with Gasteiger partial charge in [-0.1, -0.05) is 12.1 Å². The third-order valence-electron chi connectivity index (χ3n) is 7.90. The minimum absolute atomic E-state index is 0.0841. The van der Waals surface area contributed by atoms with Crippen molar-refractivity contribution in [1.82, 2.24) is 14.8 Å². The quantitative estimate of drug-likeness (QED) is 0.506. The molecule has 2 N–H and O–H groups in total. The molecular weight excluding hydrogens is 472 g/mol. The van der Waals surface area contributed by atoms with Crippen LogP contribution in [0.4, 0.5) is 20.3 Å². The van der Waals surface area contributed by atoms with E-state index in [1.54, 1.807) is 6.20 Å². The van der Waals surface area contributed by atoms with Crippen LogP contribution >= 0.6 is 0 Å². The second kappa shape index (κ2) is 10.1. The van der Waals surface area contributed by atoms with Gasteiger partial charge < -0.3 is 20.4 Å². The van der Waals surface area contributed by atoms with Crippen LogP contribution in [0.25, 0.3) is 11.1 Å². The number of halogens is 2. The minimum atomic E-state index is -0.471. The van der Waals surface area contributed by atoms with Crippen molar-refractivity contribution in [2.75, 3.05) is 43.4 Å². The first-order chi connectivity index (χ1) is 18.0. The summed E-state index contributed by atoms with van der Waals surface area (Å²) in [7, 11) is 0. The van der Waals surface area contributed by atoms with Crippen LogP contribution in [0.1, 0.15) is 47.6 Å². The van der Waals surface area contributed by atoms with Gasteiger partial charge in [-0.15, -0.1) is 0 Å². The molecule has 37 heavy (non-hydrogen) atoms. The number of hydrogen-bond acceptors (Lipinski definition) is 5. The molecule has 2 aromatic carbocycles. The second-order valence-corrected chi connectivity index (χ2v) is 10.2. The standard InChI is InChI=1S/C29H31F2N5O/c30-22-7-8-25(31)24(16-22)27-18-33-28-26(34-27)15-21(17-32-28)19-3-5-20(6-4-19)29(37)36-13-9-23(10-14-36)35-11-1-2-12-35/h3-8,15-17,23,27,34H,1-2,9-14,18H2,(H,32,33). The van der Waals surface area contributed by atoms with Gasteiger partial charge in [0.1, 0.15) is 17.5 Å². The maximum atomic E-state index is 14.3. The number of likely N-dealkylation sites (tertiary alicyclic amines) is 2. The van der Waals surface area contributed by atoms with E-state index in [9.17, 15) is 13.6 Å². The number of pyridine rings is 1. The molecule has 0 aliphatic carbocycles. The predicted molar refractivity (Wildman–Crippen MR) is 141 cm³/mol. The number of carbonyl (C=O) groups is 1. The number of anilines is 2. The zero-order valence-corrected chi connectivity index (χ0v) is 20.7. The third kappa shape index (κ3) is 4.90. The summed E-state index contributed by atoms with van der Waals surface area (Å²) in [5.74, 6) is -0.169. The van der Waals surface area contributed by atoms with Gasteiger partial charge in [-0.05, 0) is 80.7 Å². The zero-order chi connectivity index (χ0) is 25.4. The number of nitrogens with one attached hydrogen (secondary N) is 2. The molecule has 1 unspecified atom stereocenters. The molecule has 0 saturated carbocycles. The lowest BCUT2D eigenvalue weighted by molar-refractivity contribution is 0.0644. The van der Waals surface area contributed by atoms with Crippen molar-refractivity contribution in [2.45, 2.75) is 37.8 Å². The van der Waals surface area contributed by atoms with Crippen molar-refractivity contribution in [3.63, 3.8) is 0 Å². The molecule has 3 aliphatic heterocycles. The highest BCUT2D eigenvalue weighted by atomic mass is 19.1. The number of rotatable bonds is 4. The van der Waals surface area contributed by atoms with Crippen LogP contribution in [-0.4, -0.2) is 59.5 Å². The van der Waals surface area contributed by atoms with Gasteiger partial charge in [0.05, 0.1) is 11.7 Å². The van der Waals surface area contributed by atoms with Crippen LogP contribution in [0.3, 0.4) is 0 Å². The van der Waals surface area contributed by atoms with Gasteiger partial charge in [0.15, 0.2) is 0 Å². The molecular formula is C29H31F2N5O. The second-order valence-electron chi connectivity index (χ2n) is 10.2. The topological polar surface area (TPSA) is 60.5 Å². The highest BCUT2D eigenvalue weighted by molar-refractivity contribution is 5.95. The zero-order valence-electron chi connectivity index (χ0n) is 20.7. The summed E-state index contributed by atoms with van der Waals surface area (Å²) in [6, 6.07) is 13.3. The highest BCUT2D eigenvalue weighted by Crippen LogP contribution is 2.34. The van der Waals surface area contributed by atoms with Crippen molar-refractivity contribution in [2.24, 2.45) is 0 Å². The summed E-state index contributed by atoms with van der Waals surface area (Å²) in [4.78, 5) is 22.2. The van der Waals surface area contributed by atoms with Crippen LogP contribution < -0.4 is 10.6 Å². The molecule has 6 rings (SSSR count). The maximum Gasteiger partial charge on any atom is 0.253 e. The van der Waals surface area contributed by atoms with Gasteiger partial charge >= 0.3 is 0 Å². The fourth-order valence-corrected chi connectivity index (χ4v) is 5.81. The van der Waals surface area contributed by atoms with Gasteiger partial charge in [-0.2, -0.15) is 0 Å². The largest absolute Gasteiger partial charge is 0.373 e. The van der Waals surface area contributed by atoms with E-state index in [4.69, 9.17) is 0 Å². The lowest BCUT2D eigenvalue weighted by Crippen LogP contribution is -2.45. The molecule has 1 atom stereocenters. The number of fused-ring (bicyclic) bond motifs is 1. The fraction of sp³-hybridized carbons (Fsp3) is 0.379. The molecule has 1 amide bonds. The molecule has 3 aromatic rings. The predicted octanol–water partition coefficient (Wildman–Crippen LogP) is 5.31. The Morgan fingerprint density at radius 1 is 0.919 bits per heavy atom. The molecule has 0 bridgehead atoms. The number of hydrogen-bond donors (Lipinski definition) is 2. The molecule has 2 saturated heterocycles. The van der Waals surface area contributed by atoms with Crippen LogP contribution in [0.15, 0.2) is 54.7 Å². The first-order valence-electron chi connectivity index (χ1n) is 13.1. The summed E-state index contributed by atoms with van der Waals surface area (Å²) >= 11 is 0. The number of piperidine rings is 1. The Hall–Kier alpha value is -3.52. The number of amides is 1. The van der Waals surface area contributed by atoms with Gasteiger partial charge in [0, 0.05) is 48.6 Å². The van der Waals surface area contributed by atoms with E-state index in [2.05, 4.69) is 20.5 Å². The Bertz CT molecular complexity index is 1280. The van der Waals surface area contributed by atoms with Crippen LogP contribution in [-0.2, 0) is 0 Å². The summed E-state index contributed by atoms with van der Waals surface area (Å²) in [5.41, 5.74) is 3.49. The average molecular weight is 504 g/mol. The van der Waals surface area contributed by atoms with Gasteiger partial charge in [0.2, 0.25) is 0 Å². The van der Waals surface area contributed by atoms with Crippen molar-refractivity contribution in [1.29, 1.82) is 0 Å². The Labute approximate surface area is 215 Å². The lowest BCUT2D eigenvalue weighted by Gasteiger charge is -2.36. The van der Waals surface area contributed by atoms with Gasteiger partial charge in [-0.25, -0.2) is 13.8 Å². The van der Waals surface area contributed by atoms with Crippen LogP contribution in [0.5, 0.6) is 0 Å². The number of nitrogens with zero attached hydrogens (tertiary/aromatic N) is 3. The Kier molecular flexibility index (Phi) is 6.50. The molecule has 192 valence electrons. The summed E-state index contributed by atoms with van der Waals surface area (Å²) in [6.45, 7) is 4.41. The molecule has 6 nitrogen and oxygen atoms in total. The van der Waals surface area contributed by atoms with E-state index in [1.807, 2.05) is 35.2 Å². The Balaban J connectivity index is 1.13. The average Bonchev–Trinajstić information content (AvgIpc) is 3.49. The van der Waals surface area contributed by atoms with Crippen LogP contribution in [0.2, 0.25) is 0 Å². The molecule has 0 spiro atoms. The Morgan fingerprint density at radius 3 is 2.43 bits per heavy atom. The van der Waals surface area contributed by atoms with Crippen molar-refractivity contribution in [3.05, 3.63) is 77.5 Å². The van der Waals surface area contributed by atoms with Crippen molar-refractivity contribution < 1.29 is 13.6 Å². The first kappa shape index (κ1) is 23.9. The number of benzene rings is 2. The number of aromatic nitrogens is 1. The molecule has 4 heterocycles. The number of carbonyl (C=O) groups excluding carboxylic acids is 1. The van der Waals surface area contributed by atoms with Gasteiger partial charge in [-0.3, -0.25) is 4.79 Å². The molecule has 3 aliphatic rings. The van der Waals surface area contributed by atoms with Crippen molar-refractivity contribution >= 4 is 17.4 Å². The summed E-state index contributed by atoms with van der Waals surface area (Å²) in [5, 5.41) is 6.49.